The fourth-order valence-electron chi connectivity index (χ4n) is 3.02. The van der Waals surface area contributed by atoms with Crippen LogP contribution < -0.4 is 0 Å². The van der Waals surface area contributed by atoms with E-state index in [2.05, 4.69) is 15.2 Å². The maximum Gasteiger partial charge on any atom is 0.233 e. The molecule has 1 saturated heterocycles. The minimum absolute atomic E-state index is 0.0648. The first kappa shape index (κ1) is 18.9. The molecule has 0 unspecified atom stereocenters. The van der Waals surface area contributed by atoms with Crippen molar-refractivity contribution >= 4 is 27.5 Å². The lowest BCUT2D eigenvalue weighted by Gasteiger charge is -2.27. The van der Waals surface area contributed by atoms with E-state index in [1.165, 1.54) is 11.8 Å². The molecule has 0 bridgehead atoms. The van der Waals surface area contributed by atoms with Crippen molar-refractivity contribution in [3.8, 4) is 11.4 Å². The standard InChI is InChI=1S/C17H22N4O3S2/c1-2-9-21(14-8-10-26(23,24)12-14)15(22)11-25-17-18-16(19-20-17)13-6-4-3-5-7-13/h3-7,14H,2,8-12H2,1H3,(H,18,19,20)/t14-/m1/s1. The zero-order valence-electron chi connectivity index (χ0n) is 14.6. The summed E-state index contributed by atoms with van der Waals surface area (Å²) in [6.45, 7) is 2.56. The molecular formula is C17H22N4O3S2. The summed E-state index contributed by atoms with van der Waals surface area (Å²) in [5.41, 5.74) is 0.932. The Hall–Kier alpha value is -1.87. The quantitative estimate of drug-likeness (QED) is 0.722. The molecule has 7 nitrogen and oxygen atoms in total. The molecule has 2 aromatic rings. The van der Waals surface area contributed by atoms with Gasteiger partial charge < -0.3 is 4.90 Å². The summed E-state index contributed by atoms with van der Waals surface area (Å²) >= 11 is 1.26. The molecule has 9 heteroatoms. The molecule has 1 aliphatic rings. The normalized spacial score (nSPS) is 18.7. The Bertz CT molecular complexity index is 852. The number of carbonyl (C=O) groups is 1. The second-order valence-corrected chi connectivity index (χ2v) is 9.44. The van der Waals surface area contributed by atoms with E-state index in [0.29, 0.717) is 23.9 Å². The molecule has 0 saturated carbocycles. The maximum atomic E-state index is 12.6. The predicted octanol–water partition coefficient (Wildman–Crippen LogP) is 1.99. The van der Waals surface area contributed by atoms with Crippen LogP contribution in [0.4, 0.5) is 0 Å². The number of aromatic nitrogens is 3. The van der Waals surface area contributed by atoms with Gasteiger partial charge in [0.25, 0.3) is 0 Å². The third kappa shape index (κ3) is 4.64. The Morgan fingerprint density at radius 1 is 1.35 bits per heavy atom. The van der Waals surface area contributed by atoms with Gasteiger partial charge in [-0.15, -0.1) is 5.10 Å². The lowest BCUT2D eigenvalue weighted by Crippen LogP contribution is -2.42. The molecule has 1 aromatic heterocycles. The van der Waals surface area contributed by atoms with Crippen molar-refractivity contribution in [3.05, 3.63) is 30.3 Å². The first-order chi connectivity index (χ1) is 12.5. The summed E-state index contributed by atoms with van der Waals surface area (Å²) < 4.78 is 23.4. The molecule has 3 rings (SSSR count). The van der Waals surface area contributed by atoms with Crippen LogP contribution in [0.1, 0.15) is 19.8 Å². The number of nitrogens with one attached hydrogen (secondary N) is 1. The first-order valence-electron chi connectivity index (χ1n) is 8.59. The van der Waals surface area contributed by atoms with E-state index in [1.807, 2.05) is 37.3 Å². The minimum atomic E-state index is -3.02. The molecule has 2 heterocycles. The average molecular weight is 395 g/mol. The van der Waals surface area contributed by atoms with Crippen LogP contribution in [-0.2, 0) is 14.6 Å². The van der Waals surface area contributed by atoms with Crippen LogP contribution in [0, 0.1) is 0 Å². The Morgan fingerprint density at radius 3 is 2.77 bits per heavy atom. The van der Waals surface area contributed by atoms with E-state index < -0.39 is 9.84 Å². The topological polar surface area (TPSA) is 96.0 Å². The van der Waals surface area contributed by atoms with Gasteiger partial charge in [0.2, 0.25) is 11.1 Å². The van der Waals surface area contributed by atoms with Gasteiger partial charge >= 0.3 is 0 Å². The largest absolute Gasteiger partial charge is 0.338 e. The van der Waals surface area contributed by atoms with E-state index in [1.54, 1.807) is 4.90 Å². The molecule has 1 N–H and O–H groups in total. The highest BCUT2D eigenvalue weighted by molar-refractivity contribution is 7.99. The van der Waals surface area contributed by atoms with Crippen LogP contribution in [0.2, 0.25) is 0 Å². The zero-order chi connectivity index (χ0) is 18.6. The monoisotopic (exact) mass is 394 g/mol. The van der Waals surface area contributed by atoms with E-state index in [0.717, 1.165) is 12.0 Å². The summed E-state index contributed by atoms with van der Waals surface area (Å²) in [5.74, 6) is 1.03. The highest BCUT2D eigenvalue weighted by Crippen LogP contribution is 2.22. The van der Waals surface area contributed by atoms with E-state index >= 15 is 0 Å². The molecule has 1 atom stereocenters. The lowest BCUT2D eigenvalue weighted by molar-refractivity contribution is -0.130. The van der Waals surface area contributed by atoms with Crippen molar-refractivity contribution in [3.63, 3.8) is 0 Å². The number of sulfone groups is 1. The number of amides is 1. The van der Waals surface area contributed by atoms with Crippen molar-refractivity contribution in [2.75, 3.05) is 23.8 Å². The van der Waals surface area contributed by atoms with E-state index in [-0.39, 0.29) is 29.2 Å². The number of H-pyrrole nitrogens is 1. The lowest BCUT2D eigenvalue weighted by atomic mass is 10.2. The van der Waals surface area contributed by atoms with Crippen LogP contribution in [0.25, 0.3) is 11.4 Å². The average Bonchev–Trinajstić information content (AvgIpc) is 3.24. The van der Waals surface area contributed by atoms with Crippen molar-refractivity contribution in [2.24, 2.45) is 0 Å². The summed E-state index contributed by atoms with van der Waals surface area (Å²) in [7, 11) is -3.02. The van der Waals surface area contributed by atoms with Crippen LogP contribution in [-0.4, -0.2) is 64.3 Å². The number of thioether (sulfide) groups is 1. The third-order valence-electron chi connectivity index (χ3n) is 4.27. The SMILES string of the molecule is CCCN(C(=O)CSc1n[nH]c(-c2ccccc2)n1)[C@@H]1CCS(=O)(=O)C1. The molecule has 26 heavy (non-hydrogen) atoms. The Balaban J connectivity index is 1.61. The molecule has 1 aromatic carbocycles. The second kappa shape index (κ2) is 8.22. The van der Waals surface area contributed by atoms with Crippen molar-refractivity contribution in [2.45, 2.75) is 31.0 Å². The van der Waals surface area contributed by atoms with Gasteiger partial charge in [-0.05, 0) is 12.8 Å². The number of rotatable bonds is 7. The Kier molecular flexibility index (Phi) is 5.98. The number of nitrogens with zero attached hydrogens (tertiary/aromatic N) is 3. The molecule has 0 spiro atoms. The highest BCUT2D eigenvalue weighted by atomic mass is 32.2. The molecular weight excluding hydrogens is 372 g/mol. The zero-order valence-corrected chi connectivity index (χ0v) is 16.2. The minimum Gasteiger partial charge on any atom is -0.338 e. The summed E-state index contributed by atoms with van der Waals surface area (Å²) in [6.07, 6.45) is 1.32. The van der Waals surface area contributed by atoms with Gasteiger partial charge in [-0.2, -0.15) is 0 Å². The number of carbonyl (C=O) groups excluding carboxylic acids is 1. The van der Waals surface area contributed by atoms with Gasteiger partial charge in [-0.3, -0.25) is 9.89 Å². The maximum absolute atomic E-state index is 12.6. The number of hydrogen-bond donors (Lipinski definition) is 1. The number of benzene rings is 1. The smallest absolute Gasteiger partial charge is 0.233 e. The van der Waals surface area contributed by atoms with Gasteiger partial charge in [-0.1, -0.05) is 49.0 Å². The molecule has 1 aliphatic heterocycles. The van der Waals surface area contributed by atoms with Crippen LogP contribution in [0.3, 0.4) is 0 Å². The Labute approximate surface area is 157 Å². The Morgan fingerprint density at radius 2 is 2.12 bits per heavy atom. The van der Waals surface area contributed by atoms with Crippen LogP contribution >= 0.6 is 11.8 Å². The van der Waals surface area contributed by atoms with Crippen molar-refractivity contribution in [1.82, 2.24) is 20.1 Å². The molecule has 1 fully saturated rings. The number of hydrogen-bond acceptors (Lipinski definition) is 6. The van der Waals surface area contributed by atoms with E-state index in [9.17, 15) is 13.2 Å². The first-order valence-corrected chi connectivity index (χ1v) is 11.4. The third-order valence-corrected chi connectivity index (χ3v) is 6.85. The molecule has 1 amide bonds. The second-order valence-electron chi connectivity index (χ2n) is 6.27. The fourth-order valence-corrected chi connectivity index (χ4v) is 5.43. The molecule has 0 aliphatic carbocycles. The van der Waals surface area contributed by atoms with Crippen molar-refractivity contribution in [1.29, 1.82) is 0 Å². The van der Waals surface area contributed by atoms with E-state index in [4.69, 9.17) is 0 Å². The van der Waals surface area contributed by atoms with Gasteiger partial charge in [0, 0.05) is 18.2 Å². The van der Waals surface area contributed by atoms with Gasteiger partial charge in [-0.25, -0.2) is 13.4 Å². The molecule has 140 valence electrons. The van der Waals surface area contributed by atoms with Crippen molar-refractivity contribution < 1.29 is 13.2 Å². The van der Waals surface area contributed by atoms with Gasteiger partial charge in [0.05, 0.1) is 17.3 Å². The van der Waals surface area contributed by atoms with Crippen LogP contribution in [0.15, 0.2) is 35.5 Å². The summed E-state index contributed by atoms with van der Waals surface area (Å²) in [6, 6.07) is 9.44. The predicted molar refractivity (Wildman–Crippen MR) is 102 cm³/mol. The summed E-state index contributed by atoms with van der Waals surface area (Å²) in [5, 5.41) is 7.54. The fraction of sp³-hybridized carbons (Fsp3) is 0.471. The van der Waals surface area contributed by atoms with Crippen LogP contribution in [0.5, 0.6) is 0 Å². The number of aromatic amines is 1. The van der Waals surface area contributed by atoms with Gasteiger partial charge in [0.15, 0.2) is 15.7 Å². The summed E-state index contributed by atoms with van der Waals surface area (Å²) in [4.78, 5) is 18.7. The van der Waals surface area contributed by atoms with Gasteiger partial charge in [0.1, 0.15) is 0 Å². The molecule has 0 radical (unpaired) electrons. The highest BCUT2D eigenvalue weighted by Gasteiger charge is 2.34.